The number of amides is 2. The highest BCUT2D eigenvalue weighted by Gasteiger charge is 2.59. The molecule has 0 aliphatic carbocycles. The number of benzene rings is 3. The molecule has 1 fully saturated rings. The van der Waals surface area contributed by atoms with Crippen LogP contribution in [-0.2, 0) is 26.3 Å². The van der Waals surface area contributed by atoms with Crippen molar-refractivity contribution in [1.82, 2.24) is 5.32 Å². The van der Waals surface area contributed by atoms with E-state index in [4.69, 9.17) is 4.74 Å². The van der Waals surface area contributed by atoms with Gasteiger partial charge in [0, 0.05) is 23.0 Å². The first kappa shape index (κ1) is 22.8. The maximum atomic E-state index is 13.6. The lowest BCUT2D eigenvalue weighted by molar-refractivity contribution is -0.130. The summed E-state index contributed by atoms with van der Waals surface area (Å²) in [6, 6.07) is 24.1. The number of hydrogen-bond acceptors (Lipinski definition) is 5. The zero-order valence-electron chi connectivity index (χ0n) is 19.4. The average molecular weight is 470 g/mol. The number of para-hydroxylation sites is 1. The molecule has 178 valence electrons. The normalized spacial score (nSPS) is 22.5. The minimum Gasteiger partial charge on any atom is -0.462 e. The summed E-state index contributed by atoms with van der Waals surface area (Å²) < 4.78 is 5.02. The fraction of sp³-hybridized carbons (Fsp3) is 0.250. The Morgan fingerprint density at radius 1 is 1.00 bits per heavy atom. The van der Waals surface area contributed by atoms with E-state index in [1.165, 1.54) is 0 Å². The van der Waals surface area contributed by atoms with Crippen molar-refractivity contribution in [2.45, 2.75) is 31.3 Å². The van der Waals surface area contributed by atoms with Gasteiger partial charge in [0.25, 0.3) is 0 Å². The lowest BCUT2D eigenvalue weighted by Crippen LogP contribution is -2.52. The van der Waals surface area contributed by atoms with Crippen LogP contribution in [0.15, 0.2) is 78.9 Å². The second-order valence-electron chi connectivity index (χ2n) is 8.91. The van der Waals surface area contributed by atoms with Crippen molar-refractivity contribution in [3.63, 3.8) is 0 Å². The summed E-state index contributed by atoms with van der Waals surface area (Å²) in [6.45, 7) is 2.04. The van der Waals surface area contributed by atoms with E-state index in [-0.39, 0.29) is 17.9 Å². The molecule has 2 amide bonds. The Balaban J connectivity index is 1.43. The summed E-state index contributed by atoms with van der Waals surface area (Å²) in [5.41, 5.74) is 2.47. The van der Waals surface area contributed by atoms with E-state index in [9.17, 15) is 14.4 Å². The molecule has 35 heavy (non-hydrogen) atoms. The third-order valence-electron chi connectivity index (χ3n) is 6.74. The van der Waals surface area contributed by atoms with Gasteiger partial charge in [0.15, 0.2) is 0 Å². The maximum absolute atomic E-state index is 13.6. The SMILES string of the molecule is CCOC(=O)c1ccc(NC(=O)[C@H]2C[C@H](Cc3ccccc3)N[C@]23C(=O)Nc2ccccc23)cc1. The fourth-order valence-corrected chi connectivity index (χ4v) is 5.18. The summed E-state index contributed by atoms with van der Waals surface area (Å²) in [6.07, 6.45) is 1.21. The first-order chi connectivity index (χ1) is 17.0. The first-order valence-electron chi connectivity index (χ1n) is 11.8. The molecule has 7 nitrogen and oxygen atoms in total. The lowest BCUT2D eigenvalue weighted by atomic mass is 9.79. The van der Waals surface area contributed by atoms with Crippen molar-refractivity contribution >= 4 is 29.2 Å². The summed E-state index contributed by atoms with van der Waals surface area (Å²) >= 11 is 0. The van der Waals surface area contributed by atoms with Gasteiger partial charge in [-0.2, -0.15) is 0 Å². The third-order valence-corrected chi connectivity index (χ3v) is 6.74. The largest absolute Gasteiger partial charge is 0.462 e. The van der Waals surface area contributed by atoms with Crippen molar-refractivity contribution in [2.24, 2.45) is 5.92 Å². The minimum absolute atomic E-state index is 0.0590. The van der Waals surface area contributed by atoms with Crippen LogP contribution in [0.5, 0.6) is 0 Å². The first-order valence-corrected chi connectivity index (χ1v) is 11.8. The molecule has 7 heteroatoms. The summed E-state index contributed by atoms with van der Waals surface area (Å²) in [4.78, 5) is 39.0. The predicted molar refractivity (Wildman–Crippen MR) is 133 cm³/mol. The summed E-state index contributed by atoms with van der Waals surface area (Å²) in [5.74, 6) is -1.49. The van der Waals surface area contributed by atoms with Crippen molar-refractivity contribution in [3.8, 4) is 0 Å². The molecular weight excluding hydrogens is 442 g/mol. The third kappa shape index (κ3) is 4.19. The van der Waals surface area contributed by atoms with Crippen molar-refractivity contribution in [3.05, 3.63) is 95.6 Å². The number of carbonyl (C=O) groups is 3. The quantitative estimate of drug-likeness (QED) is 0.477. The molecule has 0 unspecified atom stereocenters. The minimum atomic E-state index is -1.15. The molecule has 2 aliphatic rings. The van der Waals surface area contributed by atoms with Crippen LogP contribution in [0.2, 0.25) is 0 Å². The van der Waals surface area contributed by atoms with E-state index in [0.717, 1.165) is 16.8 Å². The number of hydrogen-bond donors (Lipinski definition) is 3. The van der Waals surface area contributed by atoms with Crippen LogP contribution in [0.3, 0.4) is 0 Å². The molecular formula is C28H27N3O4. The zero-order chi connectivity index (χ0) is 24.4. The number of rotatable bonds is 6. The fourth-order valence-electron chi connectivity index (χ4n) is 5.18. The van der Waals surface area contributed by atoms with Gasteiger partial charge in [-0.3, -0.25) is 14.9 Å². The van der Waals surface area contributed by atoms with Crippen LogP contribution in [0.25, 0.3) is 0 Å². The number of ether oxygens (including phenoxy) is 1. The molecule has 0 aromatic heterocycles. The van der Waals surface area contributed by atoms with Gasteiger partial charge in [-0.05, 0) is 55.7 Å². The molecule has 3 aromatic carbocycles. The molecule has 2 aliphatic heterocycles. The molecule has 3 aromatic rings. The highest BCUT2D eigenvalue weighted by molar-refractivity contribution is 6.10. The van der Waals surface area contributed by atoms with Crippen LogP contribution >= 0.6 is 0 Å². The standard InChI is InChI=1S/C28H27N3O4/c1-2-35-26(33)19-12-14-20(15-13-19)29-25(32)23-17-21(16-18-8-4-3-5-9-18)31-28(23)22-10-6-7-11-24(22)30-27(28)34/h3-15,21,23,31H,2,16-17H2,1H3,(H,29,32)(H,30,34)/t21-,23+,28-/m0/s1. The second-order valence-corrected chi connectivity index (χ2v) is 8.91. The van der Waals surface area contributed by atoms with Crippen LogP contribution in [0.1, 0.15) is 34.8 Å². The number of fused-ring (bicyclic) bond motifs is 2. The van der Waals surface area contributed by atoms with Crippen LogP contribution < -0.4 is 16.0 Å². The Morgan fingerprint density at radius 3 is 2.46 bits per heavy atom. The molecule has 1 saturated heterocycles. The van der Waals surface area contributed by atoms with Crippen LogP contribution in [-0.4, -0.2) is 30.4 Å². The van der Waals surface area contributed by atoms with Gasteiger partial charge in [-0.15, -0.1) is 0 Å². The van der Waals surface area contributed by atoms with E-state index in [2.05, 4.69) is 28.1 Å². The van der Waals surface area contributed by atoms with E-state index in [0.29, 0.717) is 30.7 Å². The zero-order valence-corrected chi connectivity index (χ0v) is 19.4. The summed E-state index contributed by atoms with van der Waals surface area (Å²) in [5, 5.41) is 9.46. The molecule has 0 saturated carbocycles. The lowest BCUT2D eigenvalue weighted by Gasteiger charge is -2.29. The number of esters is 1. The van der Waals surface area contributed by atoms with E-state index in [1.807, 2.05) is 42.5 Å². The van der Waals surface area contributed by atoms with Crippen LogP contribution in [0.4, 0.5) is 11.4 Å². The average Bonchev–Trinajstić information content (AvgIpc) is 3.38. The van der Waals surface area contributed by atoms with Gasteiger partial charge in [0.2, 0.25) is 11.8 Å². The molecule has 2 heterocycles. The van der Waals surface area contributed by atoms with Gasteiger partial charge in [-0.1, -0.05) is 48.5 Å². The molecule has 3 atom stereocenters. The highest BCUT2D eigenvalue weighted by Crippen LogP contribution is 2.47. The number of carbonyl (C=O) groups excluding carboxylic acids is 3. The molecule has 3 N–H and O–H groups in total. The maximum Gasteiger partial charge on any atom is 0.338 e. The van der Waals surface area contributed by atoms with E-state index >= 15 is 0 Å². The Labute approximate surface area is 203 Å². The van der Waals surface area contributed by atoms with Gasteiger partial charge < -0.3 is 15.4 Å². The van der Waals surface area contributed by atoms with Crippen molar-refractivity contribution in [1.29, 1.82) is 0 Å². The molecule has 5 rings (SSSR count). The Bertz CT molecular complexity index is 1260. The van der Waals surface area contributed by atoms with Crippen molar-refractivity contribution < 1.29 is 19.1 Å². The van der Waals surface area contributed by atoms with E-state index < -0.39 is 17.4 Å². The molecule has 0 bridgehead atoms. The van der Waals surface area contributed by atoms with Gasteiger partial charge >= 0.3 is 5.97 Å². The number of anilines is 2. The number of nitrogens with one attached hydrogen (secondary N) is 3. The monoisotopic (exact) mass is 469 g/mol. The summed E-state index contributed by atoms with van der Waals surface area (Å²) in [7, 11) is 0. The predicted octanol–water partition coefficient (Wildman–Crippen LogP) is 3.87. The Morgan fingerprint density at radius 2 is 1.71 bits per heavy atom. The van der Waals surface area contributed by atoms with Crippen molar-refractivity contribution in [2.75, 3.05) is 17.2 Å². The Kier molecular flexibility index (Phi) is 6.09. The van der Waals surface area contributed by atoms with E-state index in [1.54, 1.807) is 31.2 Å². The molecule has 0 radical (unpaired) electrons. The molecule has 1 spiro atoms. The smallest absolute Gasteiger partial charge is 0.338 e. The van der Waals surface area contributed by atoms with Gasteiger partial charge in [0.05, 0.1) is 18.1 Å². The second kappa shape index (κ2) is 9.35. The van der Waals surface area contributed by atoms with Crippen LogP contribution in [0, 0.1) is 5.92 Å². The van der Waals surface area contributed by atoms with Gasteiger partial charge in [0.1, 0.15) is 5.54 Å². The van der Waals surface area contributed by atoms with Gasteiger partial charge in [-0.25, -0.2) is 4.79 Å². The highest BCUT2D eigenvalue weighted by atomic mass is 16.5. The Hall–Kier alpha value is -3.97. The topological polar surface area (TPSA) is 96.5 Å².